The van der Waals surface area contributed by atoms with Crippen LogP contribution in [0, 0.1) is 0 Å². The molecule has 27 heavy (non-hydrogen) atoms. The second-order valence-corrected chi connectivity index (χ2v) is 7.29. The molecule has 0 fully saturated rings. The summed E-state index contributed by atoms with van der Waals surface area (Å²) in [6, 6.07) is 17.4. The topological polar surface area (TPSA) is 64.7 Å². The summed E-state index contributed by atoms with van der Waals surface area (Å²) < 4.78 is 5.85. The van der Waals surface area contributed by atoms with Gasteiger partial charge in [0.25, 0.3) is 5.22 Å². The predicted molar refractivity (Wildman–Crippen MR) is 106 cm³/mol. The third-order valence-electron chi connectivity index (χ3n) is 4.11. The number of fused-ring (bicyclic) bond motifs is 2. The van der Waals surface area contributed by atoms with E-state index in [2.05, 4.69) is 20.2 Å². The molecule has 7 heteroatoms. The van der Waals surface area contributed by atoms with Gasteiger partial charge in [0.2, 0.25) is 5.89 Å². The van der Waals surface area contributed by atoms with Crippen molar-refractivity contribution in [3.05, 3.63) is 72.0 Å². The molecule has 3 aromatic heterocycles. The molecule has 0 amide bonds. The molecule has 0 atom stereocenters. The van der Waals surface area contributed by atoms with E-state index in [1.54, 1.807) is 12.4 Å². The van der Waals surface area contributed by atoms with Gasteiger partial charge >= 0.3 is 0 Å². The first kappa shape index (κ1) is 16.2. The quantitative estimate of drug-likeness (QED) is 0.397. The van der Waals surface area contributed by atoms with Gasteiger partial charge in [0, 0.05) is 33.1 Å². The molecule has 5 nitrogen and oxygen atoms in total. The number of benzene rings is 2. The number of aromatic nitrogens is 4. The van der Waals surface area contributed by atoms with Crippen molar-refractivity contribution in [2.24, 2.45) is 0 Å². The number of halogens is 1. The van der Waals surface area contributed by atoms with Gasteiger partial charge in [-0.15, -0.1) is 10.2 Å². The summed E-state index contributed by atoms with van der Waals surface area (Å²) in [5.41, 5.74) is 2.54. The summed E-state index contributed by atoms with van der Waals surface area (Å²) in [6.07, 6.45) is 3.49. The third kappa shape index (κ3) is 3.13. The molecule has 0 aliphatic heterocycles. The minimum Gasteiger partial charge on any atom is -0.411 e. The maximum absolute atomic E-state index is 6.05. The van der Waals surface area contributed by atoms with Gasteiger partial charge in [0.15, 0.2) is 0 Å². The molecule has 130 valence electrons. The first-order chi connectivity index (χ1) is 13.3. The number of hydrogen-bond donors (Lipinski definition) is 0. The standard InChI is InChI=1S/C20H11ClN4OS/c21-14-5-6-15-17(10-14)22-8-7-18(15)27-20-25-24-19(26-20)13-9-12-3-1-2-4-16(12)23-11-13/h1-11H. The van der Waals surface area contributed by atoms with E-state index in [1.807, 2.05) is 54.6 Å². The average molecular weight is 391 g/mol. The molecular weight excluding hydrogens is 380 g/mol. The molecule has 0 N–H and O–H groups in total. The van der Waals surface area contributed by atoms with Crippen LogP contribution in [0.25, 0.3) is 33.3 Å². The van der Waals surface area contributed by atoms with Gasteiger partial charge < -0.3 is 4.42 Å². The van der Waals surface area contributed by atoms with E-state index in [1.165, 1.54) is 11.8 Å². The van der Waals surface area contributed by atoms with E-state index in [0.717, 1.165) is 32.3 Å². The molecule has 0 spiro atoms. The lowest BCUT2D eigenvalue weighted by Gasteiger charge is -2.03. The van der Waals surface area contributed by atoms with Crippen molar-refractivity contribution in [2.75, 3.05) is 0 Å². The van der Waals surface area contributed by atoms with Crippen molar-refractivity contribution >= 4 is 45.2 Å². The Bertz CT molecular complexity index is 1290. The molecule has 0 bridgehead atoms. The van der Waals surface area contributed by atoms with Crippen molar-refractivity contribution in [3.8, 4) is 11.5 Å². The normalized spacial score (nSPS) is 11.3. The Hall–Kier alpha value is -2.96. The van der Waals surface area contributed by atoms with Gasteiger partial charge in [-0.05, 0) is 42.1 Å². The number of rotatable bonds is 3. The zero-order valence-electron chi connectivity index (χ0n) is 13.8. The van der Waals surface area contributed by atoms with E-state index < -0.39 is 0 Å². The highest BCUT2D eigenvalue weighted by Gasteiger charge is 2.13. The van der Waals surface area contributed by atoms with Crippen LogP contribution in [-0.4, -0.2) is 20.2 Å². The van der Waals surface area contributed by atoms with Gasteiger partial charge in [0.1, 0.15) is 0 Å². The Labute approximate surface area is 163 Å². The van der Waals surface area contributed by atoms with Crippen LogP contribution in [0.2, 0.25) is 5.02 Å². The fourth-order valence-electron chi connectivity index (χ4n) is 2.83. The minimum atomic E-state index is 0.442. The summed E-state index contributed by atoms with van der Waals surface area (Å²) >= 11 is 7.45. The van der Waals surface area contributed by atoms with Crippen LogP contribution in [0.4, 0.5) is 0 Å². The van der Waals surface area contributed by atoms with Gasteiger partial charge in [-0.3, -0.25) is 9.97 Å². The number of hydrogen-bond acceptors (Lipinski definition) is 6. The summed E-state index contributed by atoms with van der Waals surface area (Å²) in [7, 11) is 0. The largest absolute Gasteiger partial charge is 0.411 e. The van der Waals surface area contributed by atoms with E-state index in [-0.39, 0.29) is 0 Å². The zero-order chi connectivity index (χ0) is 18.2. The van der Waals surface area contributed by atoms with Gasteiger partial charge in [-0.1, -0.05) is 35.9 Å². The molecule has 0 unspecified atom stereocenters. The SMILES string of the molecule is Clc1ccc2c(Sc3nnc(-c4cnc5ccccc5c4)o3)ccnc2c1. The van der Waals surface area contributed by atoms with Crippen molar-refractivity contribution in [1.82, 2.24) is 20.2 Å². The van der Waals surface area contributed by atoms with Crippen LogP contribution >= 0.6 is 23.4 Å². The van der Waals surface area contributed by atoms with E-state index >= 15 is 0 Å². The summed E-state index contributed by atoms with van der Waals surface area (Å²) in [5.74, 6) is 0.442. The fourth-order valence-corrected chi connectivity index (χ4v) is 3.80. The lowest BCUT2D eigenvalue weighted by atomic mass is 10.1. The molecule has 5 aromatic rings. The number of para-hydroxylation sites is 1. The third-order valence-corrected chi connectivity index (χ3v) is 5.26. The van der Waals surface area contributed by atoms with Crippen molar-refractivity contribution < 1.29 is 4.42 Å². The molecule has 2 aromatic carbocycles. The van der Waals surface area contributed by atoms with Gasteiger partial charge in [0.05, 0.1) is 16.6 Å². The molecule has 3 heterocycles. The van der Waals surface area contributed by atoms with E-state index in [0.29, 0.717) is 16.1 Å². The molecule has 0 aliphatic rings. The van der Waals surface area contributed by atoms with Crippen molar-refractivity contribution in [3.63, 3.8) is 0 Å². The first-order valence-electron chi connectivity index (χ1n) is 8.17. The summed E-state index contributed by atoms with van der Waals surface area (Å²) in [6.45, 7) is 0. The Balaban J connectivity index is 1.49. The molecule has 5 rings (SSSR count). The summed E-state index contributed by atoms with van der Waals surface area (Å²) in [4.78, 5) is 9.77. The lowest BCUT2D eigenvalue weighted by molar-refractivity contribution is 0.466. The first-order valence-corrected chi connectivity index (χ1v) is 9.36. The number of pyridine rings is 2. The maximum atomic E-state index is 6.05. The molecule has 0 saturated heterocycles. The van der Waals surface area contributed by atoms with Crippen molar-refractivity contribution in [1.29, 1.82) is 0 Å². The number of nitrogens with zero attached hydrogens (tertiary/aromatic N) is 4. The molecule has 0 saturated carbocycles. The molecule has 0 aliphatic carbocycles. The van der Waals surface area contributed by atoms with Crippen LogP contribution < -0.4 is 0 Å². The second-order valence-electron chi connectivity index (χ2n) is 5.86. The van der Waals surface area contributed by atoms with Crippen molar-refractivity contribution in [2.45, 2.75) is 10.1 Å². The van der Waals surface area contributed by atoms with Crippen LogP contribution in [0.1, 0.15) is 0 Å². The highest BCUT2D eigenvalue weighted by atomic mass is 35.5. The Morgan fingerprint density at radius 1 is 0.889 bits per heavy atom. The summed E-state index contributed by atoms with van der Waals surface area (Å²) in [5, 5.41) is 11.5. The highest BCUT2D eigenvalue weighted by Crippen LogP contribution is 2.34. The average Bonchev–Trinajstić information content (AvgIpc) is 3.16. The van der Waals surface area contributed by atoms with Gasteiger partial charge in [-0.2, -0.15) is 0 Å². The van der Waals surface area contributed by atoms with Crippen LogP contribution in [0.5, 0.6) is 0 Å². The smallest absolute Gasteiger partial charge is 0.281 e. The zero-order valence-corrected chi connectivity index (χ0v) is 15.4. The van der Waals surface area contributed by atoms with Crippen LogP contribution in [-0.2, 0) is 0 Å². The van der Waals surface area contributed by atoms with Crippen LogP contribution in [0.3, 0.4) is 0 Å². The van der Waals surface area contributed by atoms with E-state index in [4.69, 9.17) is 16.0 Å². The van der Waals surface area contributed by atoms with E-state index in [9.17, 15) is 0 Å². The Kier molecular flexibility index (Phi) is 3.99. The Morgan fingerprint density at radius 3 is 2.78 bits per heavy atom. The molecule has 0 radical (unpaired) electrons. The predicted octanol–water partition coefficient (Wildman–Crippen LogP) is 5.64. The second kappa shape index (κ2) is 6.64. The van der Waals surface area contributed by atoms with Gasteiger partial charge in [-0.25, -0.2) is 0 Å². The van der Waals surface area contributed by atoms with Crippen LogP contribution in [0.15, 0.2) is 81.5 Å². The fraction of sp³-hybridized carbons (Fsp3) is 0. The minimum absolute atomic E-state index is 0.442. The maximum Gasteiger partial charge on any atom is 0.281 e. The Morgan fingerprint density at radius 2 is 1.81 bits per heavy atom. The monoisotopic (exact) mass is 390 g/mol. The highest BCUT2D eigenvalue weighted by molar-refractivity contribution is 7.99. The molecular formula is C20H11ClN4OS. The lowest BCUT2D eigenvalue weighted by Crippen LogP contribution is -1.82.